The SMILES string of the molecule is COC(=O)[C@]12CC3=C(C=C1CCN(S(=O)(=O)c1cn(C)nn1)C2)N(c1ccc(F)cc1)N(C)C3. The third-order valence-corrected chi connectivity index (χ3v) is 8.41. The monoisotopic (exact) mass is 488 g/mol. The Balaban J connectivity index is 1.52. The standard InChI is InChI=1S/C22H25FN6O4S/c1-26-13-20(24-25-26)34(31,32)28-9-8-16-10-19-15(11-22(16,14-28)21(30)33-3)12-27(2)29(19)18-6-4-17(23)5-7-18/h4-7,10,13H,8-9,11-12,14H2,1-3H3/t22-/m0/s1. The van der Waals surface area contributed by atoms with Crippen LogP contribution in [-0.4, -0.2) is 72.5 Å². The van der Waals surface area contributed by atoms with Gasteiger partial charge in [0.15, 0.2) is 0 Å². The number of carbonyl (C=O) groups excluding carboxylic acids is 1. The van der Waals surface area contributed by atoms with E-state index in [-0.39, 0.29) is 23.9 Å². The first-order valence-corrected chi connectivity index (χ1v) is 12.2. The lowest BCUT2D eigenvalue weighted by molar-refractivity contribution is -0.151. The zero-order chi connectivity index (χ0) is 24.3. The number of hydrazine groups is 1. The van der Waals surface area contributed by atoms with Gasteiger partial charge < -0.3 is 4.74 Å². The number of ether oxygens (including phenoxy) is 1. The Bertz CT molecular complexity index is 1320. The third kappa shape index (κ3) is 3.44. The fourth-order valence-electron chi connectivity index (χ4n) is 5.11. The smallest absolute Gasteiger partial charge is 0.317 e. The number of rotatable bonds is 4. The zero-order valence-corrected chi connectivity index (χ0v) is 19.9. The summed E-state index contributed by atoms with van der Waals surface area (Å²) in [7, 11) is 0.900. The van der Waals surface area contributed by atoms with Crippen LogP contribution in [0, 0.1) is 11.2 Å². The molecule has 1 saturated heterocycles. The van der Waals surface area contributed by atoms with Crippen LogP contribution in [-0.2, 0) is 26.6 Å². The van der Waals surface area contributed by atoms with E-state index in [2.05, 4.69) is 10.3 Å². The average molecular weight is 489 g/mol. The Labute approximate surface area is 196 Å². The molecule has 0 radical (unpaired) electrons. The summed E-state index contributed by atoms with van der Waals surface area (Å²) in [4.78, 5) is 13.2. The van der Waals surface area contributed by atoms with E-state index in [9.17, 15) is 17.6 Å². The van der Waals surface area contributed by atoms with E-state index in [0.717, 1.165) is 22.5 Å². The van der Waals surface area contributed by atoms with Gasteiger partial charge in [-0.3, -0.25) is 14.5 Å². The number of likely N-dealkylation sites (N-methyl/N-ethyl adjacent to an activating group) is 1. The quantitative estimate of drug-likeness (QED) is 0.597. The summed E-state index contributed by atoms with van der Waals surface area (Å²) < 4.78 is 47.8. The molecule has 12 heteroatoms. The van der Waals surface area contributed by atoms with Crippen LogP contribution in [0.15, 0.2) is 58.4 Å². The van der Waals surface area contributed by atoms with E-state index in [1.165, 1.54) is 34.4 Å². The summed E-state index contributed by atoms with van der Waals surface area (Å²) in [6, 6.07) is 6.23. The van der Waals surface area contributed by atoms with Crippen LogP contribution in [0.1, 0.15) is 12.8 Å². The number of aromatic nitrogens is 3. The van der Waals surface area contributed by atoms with Crippen molar-refractivity contribution in [2.75, 3.05) is 38.8 Å². The molecule has 0 bridgehead atoms. The summed E-state index contributed by atoms with van der Waals surface area (Å²) >= 11 is 0. The van der Waals surface area contributed by atoms with Crippen molar-refractivity contribution in [3.05, 3.63) is 59.2 Å². The number of hydrogen-bond acceptors (Lipinski definition) is 8. The predicted molar refractivity (Wildman–Crippen MR) is 120 cm³/mol. The van der Waals surface area contributed by atoms with Crippen molar-refractivity contribution < 1.29 is 22.3 Å². The Morgan fingerprint density at radius 3 is 2.59 bits per heavy atom. The molecule has 0 unspecified atom stereocenters. The van der Waals surface area contributed by atoms with E-state index >= 15 is 0 Å². The van der Waals surface area contributed by atoms with Crippen LogP contribution in [0.3, 0.4) is 0 Å². The van der Waals surface area contributed by atoms with Crippen molar-refractivity contribution in [3.63, 3.8) is 0 Å². The van der Waals surface area contributed by atoms with Crippen molar-refractivity contribution in [1.29, 1.82) is 0 Å². The maximum absolute atomic E-state index is 13.5. The Morgan fingerprint density at radius 2 is 1.94 bits per heavy atom. The number of fused-ring (bicyclic) bond motifs is 1. The zero-order valence-electron chi connectivity index (χ0n) is 19.1. The normalized spacial score (nSPS) is 23.5. The molecule has 1 aliphatic carbocycles. The van der Waals surface area contributed by atoms with Gasteiger partial charge in [-0.05, 0) is 54.3 Å². The van der Waals surface area contributed by atoms with Gasteiger partial charge in [-0.15, -0.1) is 5.10 Å². The number of esters is 1. The van der Waals surface area contributed by atoms with Crippen molar-refractivity contribution in [2.45, 2.75) is 17.9 Å². The van der Waals surface area contributed by atoms with E-state index in [0.29, 0.717) is 19.4 Å². The number of sulfonamides is 1. The number of halogens is 1. The maximum atomic E-state index is 13.5. The van der Waals surface area contributed by atoms with Crippen molar-refractivity contribution >= 4 is 21.7 Å². The number of piperidine rings is 1. The molecule has 10 nitrogen and oxygen atoms in total. The third-order valence-electron chi connectivity index (χ3n) is 6.70. The van der Waals surface area contributed by atoms with Gasteiger partial charge in [0.25, 0.3) is 10.0 Å². The highest BCUT2D eigenvalue weighted by molar-refractivity contribution is 7.89. The molecule has 0 saturated carbocycles. The van der Waals surface area contributed by atoms with Crippen LogP contribution >= 0.6 is 0 Å². The first-order chi connectivity index (χ1) is 16.2. The number of anilines is 1. The molecule has 2 aliphatic heterocycles. The van der Waals surface area contributed by atoms with Crippen molar-refractivity contribution in [3.8, 4) is 0 Å². The second kappa shape index (κ2) is 8.00. The molecular formula is C22H25FN6O4S. The fourth-order valence-corrected chi connectivity index (χ4v) is 6.52. The van der Waals surface area contributed by atoms with Gasteiger partial charge in [0.2, 0.25) is 5.03 Å². The number of carbonyl (C=O) groups is 1. The lowest BCUT2D eigenvalue weighted by Gasteiger charge is -2.44. The second-order valence-electron chi connectivity index (χ2n) is 8.83. The molecular weight excluding hydrogens is 463 g/mol. The second-order valence-corrected chi connectivity index (χ2v) is 10.7. The minimum atomic E-state index is -3.93. The highest BCUT2D eigenvalue weighted by atomic mass is 32.2. The summed E-state index contributed by atoms with van der Waals surface area (Å²) in [6.45, 7) is 0.714. The van der Waals surface area contributed by atoms with Crippen molar-refractivity contribution in [2.24, 2.45) is 12.5 Å². The van der Waals surface area contributed by atoms with E-state index in [4.69, 9.17) is 4.74 Å². The van der Waals surface area contributed by atoms with Crippen LogP contribution in [0.2, 0.25) is 0 Å². The molecule has 3 aliphatic rings. The summed E-state index contributed by atoms with van der Waals surface area (Å²) in [5, 5.41) is 11.3. The van der Waals surface area contributed by atoms with Crippen molar-refractivity contribution in [1.82, 2.24) is 24.3 Å². The number of benzene rings is 1. The molecule has 180 valence electrons. The average Bonchev–Trinajstić information content (AvgIpc) is 3.39. The van der Waals surface area contributed by atoms with Gasteiger partial charge in [-0.1, -0.05) is 5.21 Å². The first-order valence-electron chi connectivity index (χ1n) is 10.8. The van der Waals surface area contributed by atoms with E-state index in [1.54, 1.807) is 19.2 Å². The van der Waals surface area contributed by atoms with E-state index in [1.807, 2.05) is 23.1 Å². The molecule has 1 fully saturated rings. The first kappa shape index (κ1) is 22.7. The number of hydrogen-bond donors (Lipinski definition) is 0. The topological polar surface area (TPSA) is 101 Å². The highest BCUT2D eigenvalue weighted by Gasteiger charge is 2.53. The minimum absolute atomic E-state index is 0.0402. The molecule has 0 amide bonds. The Morgan fingerprint density at radius 1 is 1.21 bits per heavy atom. The number of allylic oxidation sites excluding steroid dienone is 1. The maximum Gasteiger partial charge on any atom is 0.317 e. The van der Waals surface area contributed by atoms with Gasteiger partial charge in [0, 0.05) is 33.7 Å². The molecule has 0 N–H and O–H groups in total. The van der Waals surface area contributed by atoms with Crippen LogP contribution in [0.5, 0.6) is 0 Å². The fraction of sp³-hybridized carbons (Fsp3) is 0.409. The summed E-state index contributed by atoms with van der Waals surface area (Å²) in [5.41, 5.74) is 2.42. The van der Waals surface area contributed by atoms with Crippen LogP contribution < -0.4 is 5.01 Å². The molecule has 1 aromatic carbocycles. The highest BCUT2D eigenvalue weighted by Crippen LogP contribution is 2.49. The van der Waals surface area contributed by atoms with Gasteiger partial charge in [0.1, 0.15) is 11.2 Å². The Hall–Kier alpha value is -3.09. The number of nitrogens with zero attached hydrogens (tertiary/aromatic N) is 6. The van der Waals surface area contributed by atoms with Gasteiger partial charge in [0.05, 0.1) is 24.7 Å². The van der Waals surface area contributed by atoms with Crippen LogP contribution in [0.25, 0.3) is 0 Å². The lowest BCUT2D eigenvalue weighted by atomic mass is 9.68. The largest absolute Gasteiger partial charge is 0.468 e. The summed E-state index contributed by atoms with van der Waals surface area (Å²) in [6.07, 6.45) is 4.01. The molecule has 34 heavy (non-hydrogen) atoms. The molecule has 3 heterocycles. The Kier molecular flexibility index (Phi) is 5.34. The molecule has 1 aromatic heterocycles. The molecule has 2 aromatic rings. The predicted octanol–water partition coefficient (Wildman–Crippen LogP) is 1.46. The van der Waals surface area contributed by atoms with Gasteiger partial charge in [-0.25, -0.2) is 17.8 Å². The molecule has 0 spiro atoms. The number of aryl methyl sites for hydroxylation is 1. The van der Waals surface area contributed by atoms with Crippen LogP contribution in [0.4, 0.5) is 10.1 Å². The lowest BCUT2D eigenvalue weighted by Crippen LogP contribution is -2.52. The summed E-state index contributed by atoms with van der Waals surface area (Å²) in [5.74, 6) is -0.782. The number of methoxy groups -OCH3 is 1. The van der Waals surface area contributed by atoms with Gasteiger partial charge in [-0.2, -0.15) is 4.31 Å². The van der Waals surface area contributed by atoms with Gasteiger partial charge >= 0.3 is 5.97 Å². The van der Waals surface area contributed by atoms with E-state index < -0.39 is 21.4 Å². The molecule has 5 rings (SSSR count). The minimum Gasteiger partial charge on any atom is -0.468 e. The molecule has 1 atom stereocenters.